The van der Waals surface area contributed by atoms with E-state index in [1.54, 1.807) is 0 Å². The monoisotopic (exact) mass is 520 g/mol. The van der Waals surface area contributed by atoms with Crippen molar-refractivity contribution < 1.29 is 29.5 Å². The van der Waals surface area contributed by atoms with Gasteiger partial charge in [-0.3, -0.25) is 0 Å². The van der Waals surface area contributed by atoms with E-state index in [4.69, 9.17) is 14.2 Å². The van der Waals surface area contributed by atoms with Crippen LogP contribution in [0.4, 0.5) is 0 Å². The van der Waals surface area contributed by atoms with Gasteiger partial charge in [0.1, 0.15) is 5.60 Å². The molecule has 0 aromatic rings. The van der Waals surface area contributed by atoms with Crippen LogP contribution < -0.4 is 0 Å². The lowest BCUT2D eigenvalue weighted by atomic mass is 9.44. The maximum atomic E-state index is 10.9. The third-order valence-corrected chi connectivity index (χ3v) is 12.8. The minimum atomic E-state index is -0.984. The van der Waals surface area contributed by atoms with Crippen LogP contribution in [-0.4, -0.2) is 57.4 Å². The second-order valence-corrected chi connectivity index (χ2v) is 15.0. The van der Waals surface area contributed by atoms with Crippen molar-refractivity contribution in [3.8, 4) is 0 Å². The van der Waals surface area contributed by atoms with Gasteiger partial charge in [0.2, 0.25) is 0 Å². The SMILES string of the molecule is CCCC12OC3CC4C5CCC6CC(O)C(O)CC6(C)C5CCC4(C)C3C(C)(O1)C(CC(O)C(C)C)O2. The Balaban J connectivity index is 1.32. The third-order valence-electron chi connectivity index (χ3n) is 12.8. The molecular weight excluding hydrogens is 468 g/mol. The summed E-state index contributed by atoms with van der Waals surface area (Å²) in [4.78, 5) is 0. The highest BCUT2D eigenvalue weighted by Crippen LogP contribution is 2.72. The molecule has 37 heavy (non-hydrogen) atoms. The molecule has 2 aliphatic heterocycles. The molecule has 212 valence electrons. The fraction of sp³-hybridized carbons (Fsp3) is 1.00. The van der Waals surface area contributed by atoms with Gasteiger partial charge in [0, 0.05) is 18.8 Å². The van der Waals surface area contributed by atoms with Gasteiger partial charge in [0.25, 0.3) is 5.97 Å². The number of hydrogen-bond acceptors (Lipinski definition) is 6. The van der Waals surface area contributed by atoms with Crippen molar-refractivity contribution in [2.45, 2.75) is 148 Å². The molecule has 0 aromatic heterocycles. The lowest BCUT2D eigenvalue weighted by molar-refractivity contribution is -0.403. The number of fused-ring (bicyclic) bond motifs is 10. The zero-order valence-corrected chi connectivity index (χ0v) is 24.0. The van der Waals surface area contributed by atoms with E-state index >= 15 is 0 Å². The summed E-state index contributed by atoms with van der Waals surface area (Å²) in [6.45, 7) is 13.5. The fourth-order valence-corrected chi connectivity index (χ4v) is 11.0. The van der Waals surface area contributed by atoms with Crippen molar-refractivity contribution in [2.24, 2.45) is 46.3 Å². The summed E-state index contributed by atoms with van der Waals surface area (Å²) in [5.41, 5.74) is -0.270. The van der Waals surface area contributed by atoms with Crippen LogP contribution in [0, 0.1) is 46.3 Å². The largest absolute Gasteiger partial charge is 0.393 e. The molecule has 6 nitrogen and oxygen atoms in total. The van der Waals surface area contributed by atoms with Crippen LogP contribution in [0.3, 0.4) is 0 Å². The molecule has 0 amide bonds. The van der Waals surface area contributed by atoms with Gasteiger partial charge in [-0.2, -0.15) is 0 Å². The van der Waals surface area contributed by atoms with E-state index in [0.29, 0.717) is 36.5 Å². The Morgan fingerprint density at radius 3 is 2.38 bits per heavy atom. The Bertz CT molecular complexity index is 880. The average molecular weight is 521 g/mol. The van der Waals surface area contributed by atoms with Crippen molar-refractivity contribution in [3.63, 3.8) is 0 Å². The van der Waals surface area contributed by atoms with Crippen LogP contribution in [0.15, 0.2) is 0 Å². The molecule has 4 saturated carbocycles. The summed E-state index contributed by atoms with van der Waals surface area (Å²) in [5.74, 6) is 1.73. The van der Waals surface area contributed by atoms with Gasteiger partial charge in [-0.1, -0.05) is 34.6 Å². The van der Waals surface area contributed by atoms with E-state index in [9.17, 15) is 15.3 Å². The molecule has 14 atom stereocenters. The van der Waals surface area contributed by atoms with Crippen LogP contribution in [0.1, 0.15) is 106 Å². The predicted molar refractivity (Wildman–Crippen MR) is 140 cm³/mol. The van der Waals surface area contributed by atoms with E-state index < -0.39 is 29.9 Å². The quantitative estimate of drug-likeness (QED) is 0.472. The van der Waals surface area contributed by atoms with Crippen LogP contribution in [-0.2, 0) is 14.2 Å². The standard InChI is InChI=1S/C31H52O6/c1-7-11-31-35-25-14-21-19-9-8-18-13-23(33)24(34)16-29(18,5)20(19)10-12-28(21,4)27(25)30(6,37-31)26(36-31)15-22(32)17(2)3/h17-27,32-34H,7-16H2,1-6H3. The van der Waals surface area contributed by atoms with Crippen molar-refractivity contribution in [3.05, 3.63) is 0 Å². The van der Waals surface area contributed by atoms with Crippen molar-refractivity contribution >= 4 is 0 Å². The molecule has 2 bridgehead atoms. The lowest BCUT2D eigenvalue weighted by Gasteiger charge is -2.62. The van der Waals surface area contributed by atoms with Gasteiger partial charge in [0.15, 0.2) is 0 Å². The first-order valence-corrected chi connectivity index (χ1v) is 15.5. The molecule has 6 aliphatic rings. The normalized spacial score (nSPS) is 57.4. The van der Waals surface area contributed by atoms with E-state index in [1.807, 2.05) is 0 Å². The highest BCUT2D eigenvalue weighted by molar-refractivity contribution is 5.19. The first kappa shape index (κ1) is 27.0. The van der Waals surface area contributed by atoms with Crippen LogP contribution in [0.5, 0.6) is 0 Å². The first-order chi connectivity index (χ1) is 17.4. The summed E-state index contributed by atoms with van der Waals surface area (Å²) >= 11 is 0. The molecule has 6 rings (SSSR count). The van der Waals surface area contributed by atoms with Crippen LogP contribution in [0.2, 0.25) is 0 Å². The maximum Gasteiger partial charge on any atom is 0.284 e. The van der Waals surface area contributed by atoms with E-state index in [1.165, 1.54) is 12.8 Å². The molecule has 2 heterocycles. The van der Waals surface area contributed by atoms with Gasteiger partial charge in [-0.15, -0.1) is 0 Å². The number of aliphatic hydroxyl groups excluding tert-OH is 3. The summed E-state index contributed by atoms with van der Waals surface area (Å²) < 4.78 is 20.4. The Hall–Kier alpha value is -0.240. The maximum absolute atomic E-state index is 10.9. The number of ether oxygens (including phenoxy) is 3. The topological polar surface area (TPSA) is 88.4 Å². The first-order valence-electron chi connectivity index (χ1n) is 15.5. The van der Waals surface area contributed by atoms with Crippen molar-refractivity contribution in [2.75, 3.05) is 0 Å². The number of rotatable bonds is 5. The minimum absolute atomic E-state index is 0.101. The summed E-state index contributed by atoms with van der Waals surface area (Å²) in [5, 5.41) is 32.0. The average Bonchev–Trinajstić information content (AvgIpc) is 3.23. The molecule has 0 radical (unpaired) electrons. The van der Waals surface area contributed by atoms with Crippen molar-refractivity contribution in [1.29, 1.82) is 0 Å². The second kappa shape index (κ2) is 8.88. The van der Waals surface area contributed by atoms with Gasteiger partial charge in [-0.25, -0.2) is 0 Å². The smallest absolute Gasteiger partial charge is 0.284 e. The van der Waals surface area contributed by atoms with Gasteiger partial charge >= 0.3 is 0 Å². The Labute approximate surface area is 223 Å². The predicted octanol–water partition coefficient (Wildman–Crippen LogP) is 5.02. The minimum Gasteiger partial charge on any atom is -0.393 e. The number of hydrogen-bond donors (Lipinski definition) is 3. The third kappa shape index (κ3) is 3.79. The molecular formula is C31H52O6. The molecule has 0 spiro atoms. The van der Waals surface area contributed by atoms with Crippen LogP contribution in [0.25, 0.3) is 0 Å². The van der Waals surface area contributed by atoms with Gasteiger partial charge in [0.05, 0.1) is 30.5 Å². The molecule has 6 fully saturated rings. The van der Waals surface area contributed by atoms with E-state index in [2.05, 4.69) is 41.5 Å². The molecule has 3 N–H and O–H groups in total. The Kier molecular flexibility index (Phi) is 6.47. The molecule has 6 heteroatoms. The fourth-order valence-electron chi connectivity index (χ4n) is 11.0. The zero-order chi connectivity index (χ0) is 26.5. The summed E-state index contributed by atoms with van der Waals surface area (Å²) in [7, 11) is 0. The van der Waals surface area contributed by atoms with E-state index in [-0.39, 0.29) is 34.9 Å². The van der Waals surface area contributed by atoms with Gasteiger partial charge in [-0.05, 0) is 98.7 Å². The highest BCUT2D eigenvalue weighted by Gasteiger charge is 2.74. The number of aliphatic hydroxyl groups is 3. The molecule has 2 saturated heterocycles. The van der Waals surface area contributed by atoms with Gasteiger partial charge < -0.3 is 29.5 Å². The second-order valence-electron chi connectivity index (χ2n) is 15.0. The Morgan fingerprint density at radius 2 is 1.68 bits per heavy atom. The molecule has 0 aromatic carbocycles. The highest BCUT2D eigenvalue weighted by atomic mass is 16.9. The summed E-state index contributed by atoms with van der Waals surface area (Å²) in [6.07, 6.45) is 7.81. The lowest BCUT2D eigenvalue weighted by Crippen LogP contribution is -2.61. The molecule has 14 unspecified atom stereocenters. The molecule has 4 aliphatic carbocycles. The van der Waals surface area contributed by atoms with E-state index in [0.717, 1.165) is 38.5 Å². The Morgan fingerprint density at radius 1 is 0.919 bits per heavy atom. The zero-order valence-electron chi connectivity index (χ0n) is 24.0. The van der Waals surface area contributed by atoms with Crippen LogP contribution >= 0.6 is 0 Å². The summed E-state index contributed by atoms with van der Waals surface area (Å²) in [6, 6.07) is 0. The van der Waals surface area contributed by atoms with Crippen molar-refractivity contribution in [1.82, 2.24) is 0 Å².